The van der Waals surface area contributed by atoms with Gasteiger partial charge in [-0.25, -0.2) is 4.98 Å². The van der Waals surface area contributed by atoms with E-state index in [1.807, 2.05) is 73.3 Å². The lowest BCUT2D eigenvalue weighted by Gasteiger charge is -2.31. The van der Waals surface area contributed by atoms with Gasteiger partial charge in [-0.05, 0) is 49.7 Å². The molecule has 0 atom stereocenters. The number of fused-ring (bicyclic) bond motifs is 2. The van der Waals surface area contributed by atoms with E-state index in [2.05, 4.69) is 11.1 Å². The fourth-order valence-electron chi connectivity index (χ4n) is 3.36. The number of rotatable bonds is 4. The number of aromatic nitrogens is 1. The molecular formula is C23H19N3OS2. The summed E-state index contributed by atoms with van der Waals surface area (Å²) in [4.78, 5) is 21.7. The average Bonchev–Trinajstić information content (AvgIpc) is 2.71. The Kier molecular flexibility index (Phi) is 5.61. The van der Waals surface area contributed by atoms with Crippen molar-refractivity contribution in [2.75, 3.05) is 10.7 Å². The second-order valence-electron chi connectivity index (χ2n) is 6.74. The number of para-hydroxylation sites is 2. The number of hydrogen-bond acceptors (Lipinski definition) is 5. The van der Waals surface area contributed by atoms with Gasteiger partial charge in [0.25, 0.3) is 0 Å². The fraction of sp³-hybridized carbons (Fsp3) is 0.174. The van der Waals surface area contributed by atoms with Crippen LogP contribution in [-0.4, -0.2) is 16.6 Å². The largest absolute Gasteiger partial charge is 0.279 e. The highest BCUT2D eigenvalue weighted by Gasteiger charge is 2.27. The lowest BCUT2D eigenvalue weighted by atomic mass is 10.1. The summed E-state index contributed by atoms with van der Waals surface area (Å²) in [7, 11) is 0. The van der Waals surface area contributed by atoms with E-state index in [4.69, 9.17) is 0 Å². The maximum Gasteiger partial charge on any atom is 0.232 e. The number of benzene rings is 2. The maximum atomic E-state index is 13.2. The molecule has 0 aliphatic carbocycles. The summed E-state index contributed by atoms with van der Waals surface area (Å²) in [6.45, 7) is 3.84. The number of amides is 1. The summed E-state index contributed by atoms with van der Waals surface area (Å²) in [6, 6.07) is 20.1. The van der Waals surface area contributed by atoms with Crippen molar-refractivity contribution in [3.8, 4) is 6.07 Å². The second kappa shape index (κ2) is 8.32. The van der Waals surface area contributed by atoms with Gasteiger partial charge in [-0.15, -0.1) is 11.8 Å². The van der Waals surface area contributed by atoms with Gasteiger partial charge < -0.3 is 0 Å². The molecule has 4 rings (SSSR count). The van der Waals surface area contributed by atoms with Crippen LogP contribution in [0.25, 0.3) is 0 Å². The maximum absolute atomic E-state index is 13.2. The molecule has 0 fully saturated rings. The van der Waals surface area contributed by atoms with Gasteiger partial charge in [0, 0.05) is 27.7 Å². The Hall–Kier alpha value is -2.75. The molecule has 0 saturated heterocycles. The summed E-state index contributed by atoms with van der Waals surface area (Å²) >= 11 is 3.16. The highest BCUT2D eigenvalue weighted by atomic mass is 32.2. The van der Waals surface area contributed by atoms with Gasteiger partial charge >= 0.3 is 0 Å². The number of hydrogen-bond donors (Lipinski definition) is 0. The van der Waals surface area contributed by atoms with Gasteiger partial charge in [-0.2, -0.15) is 5.26 Å². The molecule has 0 saturated carbocycles. The molecule has 2 aromatic carbocycles. The molecule has 0 spiro atoms. The van der Waals surface area contributed by atoms with Crippen molar-refractivity contribution in [2.24, 2.45) is 0 Å². The molecule has 0 N–H and O–H groups in total. The molecule has 0 radical (unpaired) electrons. The smallest absolute Gasteiger partial charge is 0.232 e. The lowest BCUT2D eigenvalue weighted by molar-refractivity contribution is -0.117. The molecule has 144 valence electrons. The first-order valence-electron chi connectivity index (χ1n) is 9.28. The van der Waals surface area contributed by atoms with Gasteiger partial charge in [0.1, 0.15) is 11.1 Å². The minimum Gasteiger partial charge on any atom is -0.279 e. The minimum absolute atomic E-state index is 0.0422. The Labute approximate surface area is 179 Å². The third kappa shape index (κ3) is 3.89. The first kappa shape index (κ1) is 19.6. The summed E-state index contributed by atoms with van der Waals surface area (Å²) in [5.74, 6) is 0.609. The van der Waals surface area contributed by atoms with Gasteiger partial charge in [-0.3, -0.25) is 9.69 Å². The molecule has 1 amide bonds. The quantitative estimate of drug-likeness (QED) is 0.496. The molecule has 6 heteroatoms. The number of pyridine rings is 1. The SMILES string of the molecule is Cc1cc(C)c(C#N)c(SCCC(=O)N2c3ccccc3Sc3ccccc32)n1. The van der Waals surface area contributed by atoms with E-state index in [0.717, 1.165) is 32.4 Å². The summed E-state index contributed by atoms with van der Waals surface area (Å²) < 4.78 is 0. The highest BCUT2D eigenvalue weighted by Crippen LogP contribution is 2.48. The van der Waals surface area contributed by atoms with Crippen LogP contribution in [0.3, 0.4) is 0 Å². The number of nitrogens with zero attached hydrogens (tertiary/aromatic N) is 3. The number of nitriles is 1. The molecule has 1 aliphatic heterocycles. The second-order valence-corrected chi connectivity index (χ2v) is 8.91. The standard InChI is InChI=1S/C23H19N3OS2/c1-15-13-16(2)25-23(17(15)14-24)28-12-11-22(27)26-18-7-3-5-9-20(18)29-21-10-6-4-8-19(21)26/h3-10,13H,11-12H2,1-2H3. The van der Waals surface area contributed by atoms with Crippen LogP contribution in [0.2, 0.25) is 0 Å². The topological polar surface area (TPSA) is 57.0 Å². The van der Waals surface area contributed by atoms with E-state index < -0.39 is 0 Å². The molecule has 2 heterocycles. The third-order valence-electron chi connectivity index (χ3n) is 4.66. The third-order valence-corrected chi connectivity index (χ3v) is 6.77. The Morgan fingerprint density at radius 3 is 2.34 bits per heavy atom. The molecule has 3 aromatic rings. The van der Waals surface area contributed by atoms with Crippen LogP contribution in [0.4, 0.5) is 11.4 Å². The van der Waals surface area contributed by atoms with Gasteiger partial charge in [0.05, 0.1) is 16.9 Å². The van der Waals surface area contributed by atoms with Crippen LogP contribution in [0.15, 0.2) is 69.4 Å². The van der Waals surface area contributed by atoms with E-state index in [1.165, 1.54) is 11.8 Å². The van der Waals surface area contributed by atoms with Crippen molar-refractivity contribution >= 4 is 40.8 Å². The van der Waals surface area contributed by atoms with Crippen molar-refractivity contribution < 1.29 is 4.79 Å². The number of aryl methyl sites for hydroxylation is 2. The van der Waals surface area contributed by atoms with Crippen molar-refractivity contribution in [1.82, 2.24) is 4.98 Å². The first-order chi connectivity index (χ1) is 14.1. The normalized spacial score (nSPS) is 12.1. The Balaban J connectivity index is 1.55. The minimum atomic E-state index is 0.0422. The Morgan fingerprint density at radius 1 is 1.10 bits per heavy atom. The van der Waals surface area contributed by atoms with Crippen molar-refractivity contribution in [2.45, 2.75) is 35.1 Å². The zero-order valence-corrected chi connectivity index (χ0v) is 17.8. The van der Waals surface area contributed by atoms with E-state index in [-0.39, 0.29) is 5.91 Å². The van der Waals surface area contributed by atoms with Crippen LogP contribution in [-0.2, 0) is 4.79 Å². The average molecular weight is 418 g/mol. The number of thioether (sulfide) groups is 1. The molecule has 1 aromatic heterocycles. The predicted octanol–water partition coefficient (Wildman–Crippen LogP) is 5.88. The van der Waals surface area contributed by atoms with Crippen molar-refractivity contribution in [3.63, 3.8) is 0 Å². The molecule has 0 unspecified atom stereocenters. The Bertz CT molecular complexity index is 1090. The van der Waals surface area contributed by atoms with Crippen LogP contribution in [0.5, 0.6) is 0 Å². The molecule has 29 heavy (non-hydrogen) atoms. The van der Waals surface area contributed by atoms with Crippen molar-refractivity contribution in [3.05, 3.63) is 71.4 Å². The van der Waals surface area contributed by atoms with Crippen LogP contribution >= 0.6 is 23.5 Å². The van der Waals surface area contributed by atoms with Crippen LogP contribution in [0.1, 0.15) is 23.2 Å². The first-order valence-corrected chi connectivity index (χ1v) is 11.1. The molecule has 0 bridgehead atoms. The van der Waals surface area contributed by atoms with Crippen LogP contribution in [0, 0.1) is 25.2 Å². The zero-order chi connectivity index (χ0) is 20.4. The van der Waals surface area contributed by atoms with Gasteiger partial charge in [-0.1, -0.05) is 36.0 Å². The lowest BCUT2D eigenvalue weighted by Crippen LogP contribution is -2.28. The number of carbonyl (C=O) groups excluding carboxylic acids is 1. The summed E-state index contributed by atoms with van der Waals surface area (Å²) in [5, 5.41) is 10.1. The summed E-state index contributed by atoms with van der Waals surface area (Å²) in [5.41, 5.74) is 4.25. The van der Waals surface area contributed by atoms with Gasteiger partial charge in [0.2, 0.25) is 5.91 Å². The number of carbonyl (C=O) groups is 1. The molecular weight excluding hydrogens is 398 g/mol. The predicted molar refractivity (Wildman–Crippen MR) is 118 cm³/mol. The van der Waals surface area contributed by atoms with E-state index in [0.29, 0.717) is 22.8 Å². The Morgan fingerprint density at radius 2 is 1.72 bits per heavy atom. The summed E-state index contributed by atoms with van der Waals surface area (Å²) in [6.07, 6.45) is 0.359. The fourth-order valence-corrected chi connectivity index (χ4v) is 5.45. The zero-order valence-electron chi connectivity index (χ0n) is 16.2. The van der Waals surface area contributed by atoms with Crippen molar-refractivity contribution in [1.29, 1.82) is 5.26 Å². The molecule has 4 nitrogen and oxygen atoms in total. The van der Waals surface area contributed by atoms with E-state index >= 15 is 0 Å². The highest BCUT2D eigenvalue weighted by molar-refractivity contribution is 7.99. The van der Waals surface area contributed by atoms with Gasteiger partial charge in [0.15, 0.2) is 0 Å². The molecule has 1 aliphatic rings. The number of anilines is 2. The van der Waals surface area contributed by atoms with E-state index in [9.17, 15) is 10.1 Å². The van der Waals surface area contributed by atoms with E-state index in [1.54, 1.807) is 11.8 Å². The monoisotopic (exact) mass is 417 g/mol. The van der Waals surface area contributed by atoms with Crippen LogP contribution < -0.4 is 4.90 Å².